The van der Waals surface area contributed by atoms with Crippen molar-refractivity contribution in [3.05, 3.63) is 64.4 Å². The SMILES string of the molecule is Nc1c(F)cccc1Cc1ccccc1Cl. The molecular formula is C13H11ClFN. The van der Waals surface area contributed by atoms with Gasteiger partial charge in [-0.25, -0.2) is 4.39 Å². The van der Waals surface area contributed by atoms with Crippen LogP contribution in [0, 0.1) is 5.82 Å². The molecule has 0 aromatic heterocycles. The molecule has 0 saturated heterocycles. The minimum Gasteiger partial charge on any atom is -0.396 e. The first-order chi connectivity index (χ1) is 7.68. The van der Waals surface area contributed by atoms with E-state index in [1.807, 2.05) is 30.3 Å². The highest BCUT2D eigenvalue weighted by Gasteiger charge is 2.06. The minimum atomic E-state index is -0.385. The number of nitrogen functional groups attached to an aromatic ring is 1. The summed E-state index contributed by atoms with van der Waals surface area (Å²) in [5, 5.41) is 0.672. The minimum absolute atomic E-state index is 0.197. The lowest BCUT2D eigenvalue weighted by atomic mass is 10.0. The van der Waals surface area contributed by atoms with Crippen molar-refractivity contribution in [3.8, 4) is 0 Å². The van der Waals surface area contributed by atoms with Gasteiger partial charge in [-0.15, -0.1) is 0 Å². The Balaban J connectivity index is 2.35. The number of nitrogens with two attached hydrogens (primary N) is 1. The molecule has 0 amide bonds. The van der Waals surface area contributed by atoms with Gasteiger partial charge in [0.25, 0.3) is 0 Å². The lowest BCUT2D eigenvalue weighted by molar-refractivity contribution is 0.631. The van der Waals surface area contributed by atoms with Crippen molar-refractivity contribution in [3.63, 3.8) is 0 Å². The Morgan fingerprint density at radius 2 is 1.69 bits per heavy atom. The normalized spacial score (nSPS) is 10.4. The van der Waals surface area contributed by atoms with Gasteiger partial charge in [-0.3, -0.25) is 0 Å². The highest BCUT2D eigenvalue weighted by atomic mass is 35.5. The van der Waals surface area contributed by atoms with Gasteiger partial charge in [0, 0.05) is 11.4 Å². The van der Waals surface area contributed by atoms with Gasteiger partial charge in [-0.1, -0.05) is 41.9 Å². The molecule has 0 atom stereocenters. The molecule has 0 saturated carbocycles. The molecule has 16 heavy (non-hydrogen) atoms. The predicted molar refractivity (Wildman–Crippen MR) is 65.1 cm³/mol. The summed E-state index contributed by atoms with van der Waals surface area (Å²) < 4.78 is 13.2. The Bertz CT molecular complexity index is 511. The average molecular weight is 236 g/mol. The molecule has 0 heterocycles. The van der Waals surface area contributed by atoms with Crippen LogP contribution in [0.15, 0.2) is 42.5 Å². The van der Waals surface area contributed by atoms with Crippen LogP contribution in [0.25, 0.3) is 0 Å². The fourth-order valence-electron chi connectivity index (χ4n) is 1.58. The molecule has 0 radical (unpaired) electrons. The van der Waals surface area contributed by atoms with Crippen molar-refractivity contribution in [1.29, 1.82) is 0 Å². The van der Waals surface area contributed by atoms with Crippen LogP contribution in [0.5, 0.6) is 0 Å². The summed E-state index contributed by atoms with van der Waals surface area (Å²) in [5.41, 5.74) is 7.56. The zero-order valence-corrected chi connectivity index (χ0v) is 9.34. The molecule has 3 heteroatoms. The van der Waals surface area contributed by atoms with Crippen molar-refractivity contribution in [1.82, 2.24) is 0 Å². The second-order valence-electron chi connectivity index (χ2n) is 3.58. The Morgan fingerprint density at radius 3 is 2.44 bits per heavy atom. The molecule has 2 aromatic rings. The Kier molecular flexibility index (Phi) is 3.11. The average Bonchev–Trinajstić information content (AvgIpc) is 2.28. The lowest BCUT2D eigenvalue weighted by Crippen LogP contribution is -1.99. The Hall–Kier alpha value is -1.54. The molecule has 0 aliphatic carbocycles. The van der Waals surface area contributed by atoms with Gasteiger partial charge >= 0.3 is 0 Å². The summed E-state index contributed by atoms with van der Waals surface area (Å²) in [6.45, 7) is 0. The summed E-state index contributed by atoms with van der Waals surface area (Å²) in [4.78, 5) is 0. The van der Waals surface area contributed by atoms with Crippen LogP contribution in [0.3, 0.4) is 0 Å². The molecule has 0 unspecified atom stereocenters. The Labute approximate surface area is 98.7 Å². The quantitative estimate of drug-likeness (QED) is 0.790. The number of benzene rings is 2. The van der Waals surface area contributed by atoms with Gasteiger partial charge in [-0.2, -0.15) is 0 Å². The van der Waals surface area contributed by atoms with Crippen LogP contribution in [0.1, 0.15) is 11.1 Å². The third kappa shape index (κ3) is 2.17. The maximum atomic E-state index is 13.2. The zero-order valence-electron chi connectivity index (χ0n) is 8.58. The summed E-state index contributed by atoms with van der Waals surface area (Å²) in [6, 6.07) is 12.3. The van der Waals surface area contributed by atoms with E-state index in [4.69, 9.17) is 17.3 Å². The molecular weight excluding hydrogens is 225 g/mol. The molecule has 2 rings (SSSR count). The third-order valence-corrected chi connectivity index (χ3v) is 2.85. The Morgan fingerprint density at radius 1 is 1.00 bits per heavy atom. The monoisotopic (exact) mass is 235 g/mol. The van der Waals surface area contributed by atoms with Crippen molar-refractivity contribution in [2.45, 2.75) is 6.42 Å². The van der Waals surface area contributed by atoms with Crippen LogP contribution in [0.2, 0.25) is 5.02 Å². The molecule has 0 fully saturated rings. The second kappa shape index (κ2) is 4.54. The fourth-order valence-corrected chi connectivity index (χ4v) is 1.79. The van der Waals surface area contributed by atoms with Crippen molar-refractivity contribution in [2.75, 3.05) is 5.73 Å². The maximum absolute atomic E-state index is 13.2. The van der Waals surface area contributed by atoms with Gasteiger partial charge in [-0.05, 0) is 23.3 Å². The lowest BCUT2D eigenvalue weighted by Gasteiger charge is -2.07. The molecule has 2 aromatic carbocycles. The second-order valence-corrected chi connectivity index (χ2v) is 3.99. The van der Waals surface area contributed by atoms with Crippen molar-refractivity contribution in [2.24, 2.45) is 0 Å². The molecule has 2 N–H and O–H groups in total. The molecule has 0 aliphatic heterocycles. The van der Waals surface area contributed by atoms with E-state index in [2.05, 4.69) is 0 Å². The smallest absolute Gasteiger partial charge is 0.146 e. The van der Waals surface area contributed by atoms with E-state index in [1.54, 1.807) is 6.07 Å². The molecule has 82 valence electrons. The molecule has 0 bridgehead atoms. The third-order valence-electron chi connectivity index (χ3n) is 2.48. The van der Waals surface area contributed by atoms with Crippen LogP contribution >= 0.6 is 11.6 Å². The van der Waals surface area contributed by atoms with E-state index in [1.165, 1.54) is 6.07 Å². The first-order valence-electron chi connectivity index (χ1n) is 4.95. The summed E-state index contributed by atoms with van der Waals surface area (Å²) in [6.07, 6.45) is 0.545. The van der Waals surface area contributed by atoms with E-state index >= 15 is 0 Å². The van der Waals surface area contributed by atoms with Crippen molar-refractivity contribution >= 4 is 17.3 Å². The number of hydrogen-bond donors (Lipinski definition) is 1. The summed E-state index contributed by atoms with van der Waals surface area (Å²) >= 11 is 6.03. The van der Waals surface area contributed by atoms with E-state index < -0.39 is 0 Å². The zero-order chi connectivity index (χ0) is 11.5. The van der Waals surface area contributed by atoms with Gasteiger partial charge in [0.15, 0.2) is 0 Å². The number of hydrogen-bond acceptors (Lipinski definition) is 1. The van der Waals surface area contributed by atoms with Gasteiger partial charge in [0.2, 0.25) is 0 Å². The van der Waals surface area contributed by atoms with Gasteiger partial charge in [0.05, 0.1) is 5.69 Å². The first kappa shape index (κ1) is 11.0. The highest BCUT2D eigenvalue weighted by molar-refractivity contribution is 6.31. The number of halogens is 2. The predicted octanol–water partition coefficient (Wildman–Crippen LogP) is 3.65. The summed E-state index contributed by atoms with van der Waals surface area (Å²) in [5.74, 6) is -0.385. The van der Waals surface area contributed by atoms with E-state index in [9.17, 15) is 4.39 Å². The maximum Gasteiger partial charge on any atom is 0.146 e. The van der Waals surface area contributed by atoms with Gasteiger partial charge < -0.3 is 5.73 Å². The number of rotatable bonds is 2. The van der Waals surface area contributed by atoms with Crippen LogP contribution in [-0.4, -0.2) is 0 Å². The van der Waals surface area contributed by atoms with Crippen molar-refractivity contribution < 1.29 is 4.39 Å². The van der Waals surface area contributed by atoms with E-state index in [0.29, 0.717) is 11.4 Å². The highest BCUT2D eigenvalue weighted by Crippen LogP contribution is 2.23. The van der Waals surface area contributed by atoms with E-state index in [-0.39, 0.29) is 11.5 Å². The topological polar surface area (TPSA) is 26.0 Å². The number of anilines is 1. The largest absolute Gasteiger partial charge is 0.396 e. The molecule has 1 nitrogen and oxygen atoms in total. The first-order valence-corrected chi connectivity index (χ1v) is 5.32. The van der Waals surface area contributed by atoms with Crippen LogP contribution in [-0.2, 0) is 6.42 Å². The number of para-hydroxylation sites is 1. The van der Waals surface area contributed by atoms with E-state index in [0.717, 1.165) is 11.1 Å². The fraction of sp³-hybridized carbons (Fsp3) is 0.0769. The summed E-state index contributed by atoms with van der Waals surface area (Å²) in [7, 11) is 0. The standard InChI is InChI=1S/C13H11ClFN/c14-11-6-2-1-4-9(11)8-10-5-3-7-12(15)13(10)16/h1-7H,8,16H2. The van der Waals surface area contributed by atoms with Crippen LogP contribution < -0.4 is 5.73 Å². The molecule has 0 spiro atoms. The molecule has 0 aliphatic rings. The van der Waals surface area contributed by atoms with Crippen LogP contribution in [0.4, 0.5) is 10.1 Å². The van der Waals surface area contributed by atoms with Gasteiger partial charge in [0.1, 0.15) is 5.82 Å².